The van der Waals surface area contributed by atoms with Gasteiger partial charge in [0.05, 0.1) is 10.7 Å². The fraction of sp³-hybridized carbons (Fsp3) is 0.182. The summed E-state index contributed by atoms with van der Waals surface area (Å²) in [4.78, 5) is 0. The van der Waals surface area contributed by atoms with E-state index in [0.717, 1.165) is 10.7 Å². The van der Waals surface area contributed by atoms with Gasteiger partial charge in [0.1, 0.15) is 0 Å². The summed E-state index contributed by atoms with van der Waals surface area (Å²) < 4.78 is 38.7. The number of alkyl halides is 3. The summed E-state index contributed by atoms with van der Waals surface area (Å²) in [7, 11) is 0. The fourth-order valence-electron chi connectivity index (χ4n) is 1.55. The molecule has 0 saturated carbocycles. The second kappa shape index (κ2) is 4.20. The number of nitrogen functional groups attached to an aromatic ring is 1. The second-order valence-electron chi connectivity index (χ2n) is 3.79. The van der Waals surface area contributed by atoms with Gasteiger partial charge in [-0.15, -0.1) is 0 Å². The Morgan fingerprint density at radius 2 is 1.94 bits per heavy atom. The van der Waals surface area contributed by atoms with E-state index in [1.807, 2.05) is 0 Å². The molecular formula is C11H9ClF3N3. The average Bonchev–Trinajstić information content (AvgIpc) is 2.60. The van der Waals surface area contributed by atoms with Gasteiger partial charge in [-0.05, 0) is 31.2 Å². The summed E-state index contributed by atoms with van der Waals surface area (Å²) in [6, 6.07) is 5.51. The van der Waals surface area contributed by atoms with Crippen LogP contribution in [-0.2, 0) is 6.18 Å². The Morgan fingerprint density at radius 1 is 1.28 bits per heavy atom. The molecule has 18 heavy (non-hydrogen) atoms. The van der Waals surface area contributed by atoms with Gasteiger partial charge in [-0.3, -0.25) is 0 Å². The van der Waals surface area contributed by atoms with E-state index in [9.17, 15) is 13.2 Å². The standard InChI is InChI=1S/C11H9ClF3N3/c1-6-4-10(11(13,14)15)17-18(6)9-3-2-7(16)5-8(9)12/h2-5H,16H2,1H3. The highest BCUT2D eigenvalue weighted by atomic mass is 35.5. The topological polar surface area (TPSA) is 43.8 Å². The van der Waals surface area contributed by atoms with Crippen molar-refractivity contribution in [2.75, 3.05) is 5.73 Å². The number of anilines is 1. The Balaban J connectivity index is 2.55. The molecule has 2 rings (SSSR count). The highest BCUT2D eigenvalue weighted by Crippen LogP contribution is 2.31. The van der Waals surface area contributed by atoms with Gasteiger partial charge < -0.3 is 5.73 Å². The molecule has 1 heterocycles. The minimum atomic E-state index is -4.48. The molecule has 0 aliphatic rings. The second-order valence-corrected chi connectivity index (χ2v) is 4.20. The van der Waals surface area contributed by atoms with Crippen LogP contribution in [0.15, 0.2) is 24.3 Å². The van der Waals surface area contributed by atoms with Gasteiger partial charge in [-0.25, -0.2) is 4.68 Å². The van der Waals surface area contributed by atoms with E-state index in [-0.39, 0.29) is 5.02 Å². The van der Waals surface area contributed by atoms with E-state index >= 15 is 0 Å². The molecule has 2 N–H and O–H groups in total. The molecule has 0 aliphatic heterocycles. The Bertz CT molecular complexity index is 590. The van der Waals surface area contributed by atoms with Crippen LogP contribution in [0, 0.1) is 6.92 Å². The van der Waals surface area contributed by atoms with Crippen LogP contribution >= 0.6 is 11.6 Å². The van der Waals surface area contributed by atoms with Crippen molar-refractivity contribution >= 4 is 17.3 Å². The van der Waals surface area contributed by atoms with Gasteiger partial charge >= 0.3 is 6.18 Å². The Morgan fingerprint density at radius 3 is 2.44 bits per heavy atom. The van der Waals surface area contributed by atoms with Crippen molar-refractivity contribution in [2.45, 2.75) is 13.1 Å². The molecule has 3 nitrogen and oxygen atoms in total. The normalized spacial score (nSPS) is 11.8. The molecule has 0 aliphatic carbocycles. The molecule has 0 amide bonds. The first-order valence-electron chi connectivity index (χ1n) is 4.98. The van der Waals surface area contributed by atoms with Gasteiger partial charge in [0.25, 0.3) is 0 Å². The third-order valence-corrected chi connectivity index (χ3v) is 2.68. The maximum absolute atomic E-state index is 12.5. The van der Waals surface area contributed by atoms with E-state index in [1.54, 1.807) is 6.07 Å². The molecule has 1 aromatic heterocycles. The lowest BCUT2D eigenvalue weighted by Gasteiger charge is -2.07. The summed E-state index contributed by atoms with van der Waals surface area (Å²) in [6.07, 6.45) is -4.48. The van der Waals surface area contributed by atoms with Crippen LogP contribution in [-0.4, -0.2) is 9.78 Å². The summed E-state index contributed by atoms with van der Waals surface area (Å²) in [5.41, 5.74) is 5.71. The Hall–Kier alpha value is -1.69. The van der Waals surface area contributed by atoms with E-state index < -0.39 is 11.9 Å². The number of hydrogen-bond acceptors (Lipinski definition) is 2. The lowest BCUT2D eigenvalue weighted by molar-refractivity contribution is -0.141. The third-order valence-electron chi connectivity index (χ3n) is 2.38. The third kappa shape index (κ3) is 2.28. The lowest BCUT2D eigenvalue weighted by atomic mass is 10.3. The van der Waals surface area contributed by atoms with Crippen LogP contribution in [0.25, 0.3) is 5.69 Å². The first kappa shape index (κ1) is 12.8. The molecule has 0 spiro atoms. The van der Waals surface area contributed by atoms with Crippen molar-refractivity contribution in [1.82, 2.24) is 9.78 Å². The summed E-state index contributed by atoms with van der Waals surface area (Å²) in [5.74, 6) is 0. The molecule has 7 heteroatoms. The number of benzene rings is 1. The molecule has 2 aromatic rings. The summed E-state index contributed by atoms with van der Waals surface area (Å²) in [5, 5.41) is 3.75. The SMILES string of the molecule is Cc1cc(C(F)(F)F)nn1-c1ccc(N)cc1Cl. The van der Waals surface area contributed by atoms with Crippen LogP contribution in [0.3, 0.4) is 0 Å². The number of hydrogen-bond donors (Lipinski definition) is 1. The molecule has 1 aromatic carbocycles. The van der Waals surface area contributed by atoms with Crippen molar-refractivity contribution in [3.63, 3.8) is 0 Å². The van der Waals surface area contributed by atoms with Crippen molar-refractivity contribution < 1.29 is 13.2 Å². The lowest BCUT2D eigenvalue weighted by Crippen LogP contribution is -2.07. The van der Waals surface area contributed by atoms with Crippen molar-refractivity contribution in [1.29, 1.82) is 0 Å². The smallest absolute Gasteiger partial charge is 0.399 e. The quantitative estimate of drug-likeness (QED) is 0.810. The minimum Gasteiger partial charge on any atom is -0.399 e. The Kier molecular flexibility index (Phi) is 2.98. The van der Waals surface area contributed by atoms with E-state index in [2.05, 4.69) is 5.10 Å². The van der Waals surface area contributed by atoms with E-state index in [4.69, 9.17) is 17.3 Å². The van der Waals surface area contributed by atoms with E-state index in [1.165, 1.54) is 19.1 Å². The zero-order chi connectivity index (χ0) is 13.5. The number of nitrogens with zero attached hydrogens (tertiary/aromatic N) is 2. The van der Waals surface area contributed by atoms with Crippen LogP contribution in [0.1, 0.15) is 11.4 Å². The predicted octanol–water partition coefficient (Wildman–Crippen LogP) is 3.44. The zero-order valence-corrected chi connectivity index (χ0v) is 10.0. The molecule has 0 bridgehead atoms. The number of aromatic nitrogens is 2. The minimum absolute atomic E-state index is 0.245. The molecule has 96 valence electrons. The molecular weight excluding hydrogens is 267 g/mol. The van der Waals surface area contributed by atoms with Crippen LogP contribution < -0.4 is 5.73 Å². The first-order chi connectivity index (χ1) is 8.29. The molecule has 0 radical (unpaired) electrons. The van der Waals surface area contributed by atoms with Gasteiger partial charge in [0.15, 0.2) is 5.69 Å². The van der Waals surface area contributed by atoms with Crippen LogP contribution in [0.2, 0.25) is 5.02 Å². The highest BCUT2D eigenvalue weighted by Gasteiger charge is 2.34. The highest BCUT2D eigenvalue weighted by molar-refractivity contribution is 6.32. The van der Waals surface area contributed by atoms with Crippen LogP contribution in [0.4, 0.5) is 18.9 Å². The number of rotatable bonds is 1. The number of halogens is 4. The first-order valence-corrected chi connectivity index (χ1v) is 5.36. The van der Waals surface area contributed by atoms with Crippen molar-refractivity contribution in [3.05, 3.63) is 40.7 Å². The van der Waals surface area contributed by atoms with E-state index in [0.29, 0.717) is 17.1 Å². The molecule has 0 fully saturated rings. The number of aryl methyl sites for hydroxylation is 1. The van der Waals surface area contributed by atoms with Crippen LogP contribution in [0.5, 0.6) is 0 Å². The van der Waals surface area contributed by atoms with Gasteiger partial charge in [-0.1, -0.05) is 11.6 Å². The largest absolute Gasteiger partial charge is 0.435 e. The van der Waals surface area contributed by atoms with Crippen molar-refractivity contribution in [3.8, 4) is 5.69 Å². The maximum Gasteiger partial charge on any atom is 0.435 e. The fourth-order valence-corrected chi connectivity index (χ4v) is 1.82. The average molecular weight is 276 g/mol. The maximum atomic E-state index is 12.5. The van der Waals surface area contributed by atoms with Gasteiger partial charge in [-0.2, -0.15) is 18.3 Å². The van der Waals surface area contributed by atoms with Crippen molar-refractivity contribution in [2.24, 2.45) is 0 Å². The van der Waals surface area contributed by atoms with Gasteiger partial charge in [0.2, 0.25) is 0 Å². The summed E-state index contributed by atoms with van der Waals surface area (Å²) >= 11 is 5.94. The van der Waals surface area contributed by atoms with Gasteiger partial charge in [0, 0.05) is 11.4 Å². The molecule has 0 atom stereocenters. The molecule has 0 unspecified atom stereocenters. The molecule has 0 saturated heterocycles. The Labute approximate surface area is 106 Å². The summed E-state index contributed by atoms with van der Waals surface area (Å²) in [6.45, 7) is 1.52. The zero-order valence-electron chi connectivity index (χ0n) is 9.29. The monoisotopic (exact) mass is 275 g/mol. The number of nitrogens with two attached hydrogens (primary N) is 1. The predicted molar refractivity (Wildman–Crippen MR) is 62.7 cm³/mol.